The quantitative estimate of drug-likeness (QED) is 0.233. The van der Waals surface area contributed by atoms with Gasteiger partial charge in [0.2, 0.25) is 0 Å². The Kier molecular flexibility index (Phi) is 9.15. The van der Waals surface area contributed by atoms with Gasteiger partial charge in [-0.1, -0.05) is 76.2 Å². The third kappa shape index (κ3) is 6.66. The van der Waals surface area contributed by atoms with Gasteiger partial charge in [-0.2, -0.15) is 4.98 Å². The first-order valence-electron chi connectivity index (χ1n) is 12.0. The summed E-state index contributed by atoms with van der Waals surface area (Å²) in [6.07, 6.45) is 2.17. The Balaban J connectivity index is 0.000000216. The standard InChI is InChI=1S/C14H15N3O3.C13H13N3O3/c1-9(2)10-6-4-5-7-11(10)13-15-8-12(17(18)19)14(16-13)20-3;1-8(2)9-5-3-4-6-10(9)12-14-7-11(16(18)19)13(17)15-12/h4-9H,1-3H3;3-8H,1-2H3,(H,14,15,17). The van der Waals surface area contributed by atoms with Gasteiger partial charge < -0.3 is 9.72 Å². The molecule has 2 aromatic heterocycles. The normalized spacial score (nSPS) is 10.6. The highest BCUT2D eigenvalue weighted by Gasteiger charge is 2.20. The lowest BCUT2D eigenvalue weighted by Gasteiger charge is -2.11. The first-order chi connectivity index (χ1) is 18.5. The van der Waals surface area contributed by atoms with Gasteiger partial charge in [0, 0.05) is 11.1 Å². The lowest BCUT2D eigenvalue weighted by molar-refractivity contribution is -0.386. The van der Waals surface area contributed by atoms with Gasteiger partial charge in [0.05, 0.1) is 17.0 Å². The number of benzene rings is 2. The Morgan fingerprint density at radius 3 is 1.82 bits per heavy atom. The van der Waals surface area contributed by atoms with Crippen molar-refractivity contribution in [2.45, 2.75) is 39.5 Å². The van der Waals surface area contributed by atoms with Gasteiger partial charge in [-0.05, 0) is 23.0 Å². The molecule has 2 aromatic carbocycles. The molecule has 4 aromatic rings. The third-order valence-corrected chi connectivity index (χ3v) is 5.76. The van der Waals surface area contributed by atoms with E-state index in [0.29, 0.717) is 17.6 Å². The molecule has 39 heavy (non-hydrogen) atoms. The number of hydrogen-bond acceptors (Lipinski definition) is 9. The van der Waals surface area contributed by atoms with Crippen LogP contribution >= 0.6 is 0 Å². The molecule has 12 nitrogen and oxygen atoms in total. The number of methoxy groups -OCH3 is 1. The summed E-state index contributed by atoms with van der Waals surface area (Å²) in [5, 5.41) is 21.4. The molecule has 0 radical (unpaired) electrons. The number of hydrogen-bond donors (Lipinski definition) is 1. The molecule has 0 aliphatic carbocycles. The molecule has 0 unspecified atom stereocenters. The van der Waals surface area contributed by atoms with Crippen molar-refractivity contribution in [3.63, 3.8) is 0 Å². The summed E-state index contributed by atoms with van der Waals surface area (Å²) in [5.41, 5.74) is 2.22. The third-order valence-electron chi connectivity index (χ3n) is 5.76. The molecule has 0 bridgehead atoms. The summed E-state index contributed by atoms with van der Waals surface area (Å²) < 4.78 is 4.98. The van der Waals surface area contributed by atoms with E-state index in [4.69, 9.17) is 4.74 Å². The Bertz CT molecular complexity index is 1550. The van der Waals surface area contributed by atoms with Gasteiger partial charge in [0.25, 0.3) is 5.88 Å². The SMILES string of the molecule is CC(C)c1ccccc1-c1ncc([N+](=O)[O-])c(=O)[nH]1.COc1nc(-c2ccccc2C(C)C)ncc1[N+](=O)[O-]. The molecular weight excluding hydrogens is 504 g/mol. The second-order valence-corrected chi connectivity index (χ2v) is 9.03. The van der Waals surface area contributed by atoms with Crippen molar-refractivity contribution < 1.29 is 14.6 Å². The number of nitrogens with one attached hydrogen (secondary N) is 1. The van der Waals surface area contributed by atoms with Crippen LogP contribution in [0.3, 0.4) is 0 Å². The van der Waals surface area contributed by atoms with Crippen LogP contribution in [0.4, 0.5) is 11.4 Å². The van der Waals surface area contributed by atoms with E-state index in [1.165, 1.54) is 13.3 Å². The summed E-state index contributed by atoms with van der Waals surface area (Å²) in [6, 6.07) is 15.2. The molecule has 0 spiro atoms. The van der Waals surface area contributed by atoms with Crippen LogP contribution in [0.25, 0.3) is 22.8 Å². The lowest BCUT2D eigenvalue weighted by atomic mass is 9.97. The molecule has 4 rings (SSSR count). The predicted octanol–water partition coefficient (Wildman–Crippen LogP) is 5.65. The first-order valence-corrected chi connectivity index (χ1v) is 12.0. The molecule has 0 saturated carbocycles. The van der Waals surface area contributed by atoms with E-state index in [0.717, 1.165) is 28.5 Å². The highest BCUT2D eigenvalue weighted by Crippen LogP contribution is 2.30. The van der Waals surface area contributed by atoms with Crippen molar-refractivity contribution in [3.05, 3.63) is 103 Å². The van der Waals surface area contributed by atoms with Crippen molar-refractivity contribution in [2.75, 3.05) is 7.11 Å². The van der Waals surface area contributed by atoms with Crippen LogP contribution in [0.2, 0.25) is 0 Å². The summed E-state index contributed by atoms with van der Waals surface area (Å²) in [5.74, 6) is 1.31. The molecular formula is C27H28N6O6. The number of ether oxygens (including phenoxy) is 1. The van der Waals surface area contributed by atoms with Gasteiger partial charge >= 0.3 is 16.9 Å². The molecule has 202 valence electrons. The molecule has 0 amide bonds. The van der Waals surface area contributed by atoms with Gasteiger partial charge in [-0.25, -0.2) is 9.97 Å². The van der Waals surface area contributed by atoms with Gasteiger partial charge in [0.15, 0.2) is 5.82 Å². The summed E-state index contributed by atoms with van der Waals surface area (Å²) in [6.45, 7) is 8.20. The van der Waals surface area contributed by atoms with E-state index in [-0.39, 0.29) is 17.5 Å². The molecule has 0 aliphatic heterocycles. The van der Waals surface area contributed by atoms with Crippen molar-refractivity contribution >= 4 is 11.4 Å². The number of nitrogens with zero attached hydrogens (tertiary/aromatic N) is 5. The van der Waals surface area contributed by atoms with Crippen LogP contribution in [0.15, 0.2) is 65.7 Å². The number of aromatic amines is 1. The fourth-order valence-corrected chi connectivity index (χ4v) is 3.84. The van der Waals surface area contributed by atoms with E-state index in [2.05, 4.69) is 33.8 Å². The largest absolute Gasteiger partial charge is 0.476 e. The monoisotopic (exact) mass is 532 g/mol. The number of nitro groups is 2. The van der Waals surface area contributed by atoms with Crippen LogP contribution in [0.5, 0.6) is 5.88 Å². The molecule has 12 heteroatoms. The summed E-state index contributed by atoms with van der Waals surface area (Å²) in [4.78, 5) is 46.4. The Morgan fingerprint density at radius 1 is 0.795 bits per heavy atom. The van der Waals surface area contributed by atoms with Crippen LogP contribution in [0, 0.1) is 20.2 Å². The fraction of sp³-hybridized carbons (Fsp3) is 0.259. The molecule has 0 saturated heterocycles. The van der Waals surface area contributed by atoms with E-state index < -0.39 is 21.1 Å². The average Bonchev–Trinajstić information content (AvgIpc) is 2.92. The second kappa shape index (κ2) is 12.5. The Labute approximate surface area is 224 Å². The van der Waals surface area contributed by atoms with Gasteiger partial charge in [0.1, 0.15) is 18.2 Å². The van der Waals surface area contributed by atoms with Crippen LogP contribution in [-0.2, 0) is 0 Å². The maximum absolute atomic E-state index is 11.6. The van der Waals surface area contributed by atoms with Crippen molar-refractivity contribution in [2.24, 2.45) is 0 Å². The Morgan fingerprint density at radius 2 is 1.31 bits per heavy atom. The van der Waals surface area contributed by atoms with Crippen molar-refractivity contribution in [1.29, 1.82) is 0 Å². The zero-order valence-electron chi connectivity index (χ0n) is 22.1. The first kappa shape index (κ1) is 28.6. The average molecular weight is 533 g/mol. The summed E-state index contributed by atoms with van der Waals surface area (Å²) >= 11 is 0. The summed E-state index contributed by atoms with van der Waals surface area (Å²) in [7, 11) is 1.35. The topological polar surface area (TPSA) is 167 Å². The molecule has 1 N–H and O–H groups in total. The van der Waals surface area contributed by atoms with E-state index >= 15 is 0 Å². The van der Waals surface area contributed by atoms with Crippen LogP contribution < -0.4 is 10.3 Å². The zero-order valence-corrected chi connectivity index (χ0v) is 22.1. The van der Waals surface area contributed by atoms with Crippen LogP contribution in [-0.4, -0.2) is 36.9 Å². The minimum atomic E-state index is -0.746. The fourth-order valence-electron chi connectivity index (χ4n) is 3.84. The number of aromatic nitrogens is 4. The highest BCUT2D eigenvalue weighted by atomic mass is 16.6. The molecule has 0 atom stereocenters. The van der Waals surface area contributed by atoms with E-state index in [9.17, 15) is 25.0 Å². The number of rotatable bonds is 7. The minimum Gasteiger partial charge on any atom is -0.476 e. The highest BCUT2D eigenvalue weighted by molar-refractivity contribution is 5.63. The number of H-pyrrole nitrogens is 1. The van der Waals surface area contributed by atoms with E-state index in [1.54, 1.807) is 0 Å². The molecule has 2 heterocycles. The van der Waals surface area contributed by atoms with Gasteiger partial charge in [-0.3, -0.25) is 25.0 Å². The minimum absolute atomic E-state index is 0.0291. The van der Waals surface area contributed by atoms with Crippen molar-refractivity contribution in [1.82, 2.24) is 19.9 Å². The predicted molar refractivity (Wildman–Crippen MR) is 146 cm³/mol. The van der Waals surface area contributed by atoms with Crippen LogP contribution in [0.1, 0.15) is 50.7 Å². The zero-order chi connectivity index (χ0) is 28.7. The van der Waals surface area contributed by atoms with Gasteiger partial charge in [-0.15, -0.1) is 0 Å². The van der Waals surface area contributed by atoms with Crippen molar-refractivity contribution in [3.8, 4) is 28.7 Å². The smallest absolute Gasteiger partial charge is 0.351 e. The maximum atomic E-state index is 11.6. The Hall–Kier alpha value is -5.00. The maximum Gasteiger partial charge on any atom is 0.351 e. The molecule has 0 fully saturated rings. The second-order valence-electron chi connectivity index (χ2n) is 9.03. The lowest BCUT2D eigenvalue weighted by Crippen LogP contribution is -2.13. The van der Waals surface area contributed by atoms with E-state index in [1.807, 2.05) is 62.4 Å². The molecule has 0 aliphatic rings.